The molecule has 0 saturated carbocycles. The van der Waals surface area contributed by atoms with Gasteiger partial charge in [-0.3, -0.25) is 20.2 Å². The normalized spacial score (nSPS) is 15.4. The van der Waals surface area contributed by atoms with Gasteiger partial charge in [0.05, 0.1) is 6.61 Å². The van der Waals surface area contributed by atoms with Crippen molar-refractivity contribution in [2.75, 3.05) is 13.7 Å². The van der Waals surface area contributed by atoms with E-state index in [1.165, 1.54) is 31.4 Å². The van der Waals surface area contributed by atoms with Gasteiger partial charge < -0.3 is 14.2 Å². The summed E-state index contributed by atoms with van der Waals surface area (Å²) in [6.07, 6.45) is -0.0860. The summed E-state index contributed by atoms with van der Waals surface area (Å²) in [4.78, 5) is 36.1. The molecule has 3 rings (SSSR count). The molecular weight excluding hydrogens is 383 g/mol. The molecule has 0 radical (unpaired) electrons. The highest BCUT2D eigenvalue weighted by Crippen LogP contribution is 2.26. The van der Waals surface area contributed by atoms with Crippen LogP contribution in [0.5, 0.6) is 11.5 Å². The number of carbonyl (C=O) groups is 3. The second-order valence-electron chi connectivity index (χ2n) is 6.30. The van der Waals surface area contributed by atoms with E-state index >= 15 is 0 Å². The molecule has 4 amide bonds. The van der Waals surface area contributed by atoms with Crippen molar-refractivity contribution in [2.24, 2.45) is 0 Å². The molecule has 1 aliphatic heterocycles. The van der Waals surface area contributed by atoms with E-state index in [-0.39, 0.29) is 31.2 Å². The quantitative estimate of drug-likeness (QED) is 0.654. The molecule has 152 valence electrons. The first-order valence-corrected chi connectivity index (χ1v) is 8.75. The Labute approximate surface area is 165 Å². The zero-order valence-electron chi connectivity index (χ0n) is 15.6. The second kappa shape index (κ2) is 8.70. The predicted octanol–water partition coefficient (Wildman–Crippen LogP) is 1.92. The SMILES string of the molecule is COCCC1(Oc2ccc(OCc3ccc(F)cc3)cc2)C(=O)NC(=O)NC1=O. The number of imide groups is 2. The number of barbiturate groups is 1. The van der Waals surface area contributed by atoms with Crippen molar-refractivity contribution in [3.63, 3.8) is 0 Å². The molecule has 0 spiro atoms. The van der Waals surface area contributed by atoms with Gasteiger partial charge in [0, 0.05) is 13.5 Å². The van der Waals surface area contributed by atoms with Crippen LogP contribution in [0, 0.1) is 5.82 Å². The molecule has 2 N–H and O–H groups in total. The highest BCUT2D eigenvalue weighted by Gasteiger charge is 2.52. The van der Waals surface area contributed by atoms with Crippen LogP contribution in [0.4, 0.5) is 9.18 Å². The molecule has 1 heterocycles. The molecule has 2 aromatic rings. The number of hydrogen-bond donors (Lipinski definition) is 2. The Kier molecular flexibility index (Phi) is 6.08. The molecule has 0 unspecified atom stereocenters. The number of methoxy groups -OCH3 is 1. The third kappa shape index (κ3) is 4.69. The van der Waals surface area contributed by atoms with E-state index in [1.807, 2.05) is 10.6 Å². The molecule has 0 bridgehead atoms. The summed E-state index contributed by atoms with van der Waals surface area (Å²) in [5.74, 6) is -1.30. The minimum absolute atomic E-state index is 0.0634. The maximum atomic E-state index is 12.9. The summed E-state index contributed by atoms with van der Waals surface area (Å²) >= 11 is 0. The van der Waals surface area contributed by atoms with Gasteiger partial charge in [0.15, 0.2) is 0 Å². The Morgan fingerprint density at radius 3 is 2.07 bits per heavy atom. The van der Waals surface area contributed by atoms with Gasteiger partial charge >= 0.3 is 6.03 Å². The van der Waals surface area contributed by atoms with Gasteiger partial charge in [-0.1, -0.05) is 12.1 Å². The number of nitrogens with one attached hydrogen (secondary N) is 2. The van der Waals surface area contributed by atoms with Gasteiger partial charge in [0.2, 0.25) is 0 Å². The number of halogens is 1. The predicted molar refractivity (Wildman–Crippen MR) is 98.7 cm³/mol. The smallest absolute Gasteiger partial charge is 0.328 e. The molecule has 1 fully saturated rings. The van der Waals surface area contributed by atoms with Crippen LogP contribution in [0.25, 0.3) is 0 Å². The third-order valence-electron chi connectivity index (χ3n) is 4.28. The maximum Gasteiger partial charge on any atom is 0.328 e. The molecule has 1 aliphatic rings. The van der Waals surface area contributed by atoms with Gasteiger partial charge in [0.1, 0.15) is 23.9 Å². The second-order valence-corrected chi connectivity index (χ2v) is 6.30. The Hall–Kier alpha value is -3.46. The molecule has 0 aliphatic carbocycles. The lowest BCUT2D eigenvalue weighted by Crippen LogP contribution is -2.69. The fourth-order valence-electron chi connectivity index (χ4n) is 2.71. The number of urea groups is 1. The highest BCUT2D eigenvalue weighted by molar-refractivity contribution is 6.21. The molecule has 29 heavy (non-hydrogen) atoms. The summed E-state index contributed by atoms with van der Waals surface area (Å²) < 4.78 is 29.2. The van der Waals surface area contributed by atoms with E-state index in [0.717, 1.165) is 5.56 Å². The van der Waals surface area contributed by atoms with Crippen LogP contribution < -0.4 is 20.1 Å². The lowest BCUT2D eigenvalue weighted by Gasteiger charge is -2.34. The van der Waals surface area contributed by atoms with Gasteiger partial charge in [-0.25, -0.2) is 9.18 Å². The minimum Gasteiger partial charge on any atom is -0.489 e. The molecule has 0 aromatic heterocycles. The molecule has 9 heteroatoms. The monoisotopic (exact) mass is 402 g/mol. The number of benzene rings is 2. The largest absolute Gasteiger partial charge is 0.489 e. The van der Waals surface area contributed by atoms with Crippen molar-refractivity contribution < 1.29 is 33.0 Å². The summed E-state index contributed by atoms with van der Waals surface area (Å²) in [6.45, 7) is 0.305. The van der Waals surface area contributed by atoms with Crippen molar-refractivity contribution in [1.29, 1.82) is 0 Å². The fourth-order valence-corrected chi connectivity index (χ4v) is 2.71. The number of amides is 4. The average Bonchev–Trinajstić information content (AvgIpc) is 2.70. The highest BCUT2D eigenvalue weighted by atomic mass is 19.1. The molecule has 2 aromatic carbocycles. The van der Waals surface area contributed by atoms with Gasteiger partial charge in [-0.2, -0.15) is 0 Å². The van der Waals surface area contributed by atoms with E-state index in [4.69, 9.17) is 14.2 Å². The third-order valence-corrected chi connectivity index (χ3v) is 4.28. The molecule has 0 atom stereocenters. The molecular formula is C20H19FN2O6. The maximum absolute atomic E-state index is 12.9. The van der Waals surface area contributed by atoms with E-state index in [1.54, 1.807) is 24.3 Å². The van der Waals surface area contributed by atoms with Crippen LogP contribution in [0.15, 0.2) is 48.5 Å². The van der Waals surface area contributed by atoms with E-state index < -0.39 is 23.4 Å². The van der Waals surface area contributed by atoms with Crippen LogP contribution in [0.1, 0.15) is 12.0 Å². The summed E-state index contributed by atoms with van der Waals surface area (Å²) in [5.41, 5.74) is -1.13. The Morgan fingerprint density at radius 2 is 1.48 bits per heavy atom. The summed E-state index contributed by atoms with van der Waals surface area (Å²) in [7, 11) is 1.42. The van der Waals surface area contributed by atoms with E-state index in [2.05, 4.69) is 0 Å². The Bertz CT molecular complexity index is 878. The first kappa shape index (κ1) is 20.3. The summed E-state index contributed by atoms with van der Waals surface area (Å²) in [5, 5.41) is 4.08. The minimum atomic E-state index is -1.93. The van der Waals surface area contributed by atoms with Gasteiger partial charge in [-0.05, 0) is 42.0 Å². The Balaban J connectivity index is 1.70. The Morgan fingerprint density at radius 1 is 0.897 bits per heavy atom. The van der Waals surface area contributed by atoms with Crippen molar-refractivity contribution in [1.82, 2.24) is 10.6 Å². The number of carbonyl (C=O) groups excluding carboxylic acids is 3. The van der Waals surface area contributed by atoms with Crippen LogP contribution >= 0.6 is 0 Å². The van der Waals surface area contributed by atoms with E-state index in [9.17, 15) is 18.8 Å². The molecule has 1 saturated heterocycles. The lowest BCUT2D eigenvalue weighted by molar-refractivity contribution is -0.153. The van der Waals surface area contributed by atoms with Crippen LogP contribution in [-0.2, 0) is 20.9 Å². The van der Waals surface area contributed by atoms with Crippen LogP contribution in [0.2, 0.25) is 0 Å². The first-order valence-electron chi connectivity index (χ1n) is 8.75. The zero-order valence-corrected chi connectivity index (χ0v) is 15.6. The fraction of sp³-hybridized carbons (Fsp3) is 0.250. The first-order chi connectivity index (χ1) is 13.9. The number of ether oxygens (including phenoxy) is 3. The lowest BCUT2D eigenvalue weighted by atomic mass is 9.95. The number of hydrogen-bond acceptors (Lipinski definition) is 6. The standard InChI is InChI=1S/C20H19FN2O6/c1-27-11-10-20(17(24)22-19(26)23-18(20)25)29-16-8-6-15(7-9-16)28-12-13-2-4-14(21)5-3-13/h2-9H,10-12H2,1H3,(H2,22,23,24,25,26). The van der Waals surface area contributed by atoms with Crippen LogP contribution in [0.3, 0.4) is 0 Å². The zero-order chi connectivity index (χ0) is 20.9. The van der Waals surface area contributed by atoms with Gasteiger partial charge in [-0.15, -0.1) is 0 Å². The van der Waals surface area contributed by atoms with Crippen molar-refractivity contribution in [3.05, 3.63) is 59.9 Å². The molecule has 8 nitrogen and oxygen atoms in total. The average molecular weight is 402 g/mol. The van der Waals surface area contributed by atoms with Crippen molar-refractivity contribution in [2.45, 2.75) is 18.6 Å². The van der Waals surface area contributed by atoms with Crippen molar-refractivity contribution in [3.8, 4) is 11.5 Å². The topological polar surface area (TPSA) is 103 Å². The summed E-state index contributed by atoms with van der Waals surface area (Å²) in [6, 6.07) is 11.3. The van der Waals surface area contributed by atoms with Crippen molar-refractivity contribution >= 4 is 17.8 Å². The number of rotatable bonds is 8. The van der Waals surface area contributed by atoms with Gasteiger partial charge in [0.25, 0.3) is 17.4 Å². The van der Waals surface area contributed by atoms with Crippen LogP contribution in [-0.4, -0.2) is 37.2 Å². The van der Waals surface area contributed by atoms with E-state index in [0.29, 0.717) is 5.75 Å².